The molecule has 386 valence electrons. The number of fused-ring (bicyclic) bond motifs is 3. The predicted octanol–water partition coefficient (Wildman–Crippen LogP) is 11.1. The monoisotopic (exact) mass is 994 g/mol. The highest BCUT2D eigenvalue weighted by Crippen LogP contribution is 2.62. The Morgan fingerprint density at radius 1 is 0.904 bits per heavy atom. The summed E-state index contributed by atoms with van der Waals surface area (Å²) in [4.78, 5) is 28.2. The number of pyridine rings is 1. The Labute approximate surface area is 429 Å². The minimum absolute atomic E-state index is 0.0121. The lowest BCUT2D eigenvalue weighted by molar-refractivity contribution is -0.256. The number of ether oxygens (including phenoxy) is 6. The van der Waals surface area contributed by atoms with Gasteiger partial charge in [0.15, 0.2) is 0 Å². The Kier molecular flexibility index (Phi) is 17.9. The fourth-order valence-electron chi connectivity index (χ4n) is 11.4. The quantitative estimate of drug-likeness (QED) is 0.0345. The highest BCUT2D eigenvalue weighted by molar-refractivity contribution is 6.03. The minimum atomic E-state index is -1.51. The number of carbonyl (C=O) groups is 1. The fourth-order valence-corrected chi connectivity index (χ4v) is 11.4. The highest BCUT2D eigenvalue weighted by Gasteiger charge is 2.66. The van der Waals surface area contributed by atoms with Gasteiger partial charge in [-0.1, -0.05) is 109 Å². The third-order valence-electron chi connectivity index (χ3n) is 14.8. The summed E-state index contributed by atoms with van der Waals surface area (Å²) in [6.07, 6.45) is 10.3. The molecule has 0 spiro atoms. The highest BCUT2D eigenvalue weighted by atomic mass is 16.8. The molecule has 4 aliphatic rings. The summed E-state index contributed by atoms with van der Waals surface area (Å²) < 4.78 is 39.8. The van der Waals surface area contributed by atoms with E-state index in [4.69, 9.17) is 43.4 Å². The van der Waals surface area contributed by atoms with Crippen molar-refractivity contribution in [1.82, 2.24) is 9.88 Å². The number of allylic oxidation sites excluding steroid dienone is 1. The SMILES string of the molecule is C=CCO[C@@]12Oc3ccc(OCc4cccc(C)n4)cc3[C@H]3[C@H](CCCCO)[C@@H](CCCCO)C=C(C(=NOC4CCCCO4)C[C@@H]1N(Cc1cccc4ccccc14)C(=O)OCCOCc1ccccc1)[C@H]32. The molecule has 5 aromatic rings. The third-order valence-corrected chi connectivity index (χ3v) is 14.8. The molecule has 1 unspecified atom stereocenters. The van der Waals surface area contributed by atoms with Crippen LogP contribution < -0.4 is 9.47 Å². The van der Waals surface area contributed by atoms with Crippen molar-refractivity contribution in [3.63, 3.8) is 0 Å². The summed E-state index contributed by atoms with van der Waals surface area (Å²) in [5.74, 6) is -0.943. The van der Waals surface area contributed by atoms with Crippen LogP contribution in [0, 0.1) is 24.7 Å². The zero-order valence-corrected chi connectivity index (χ0v) is 42.2. The second-order valence-corrected chi connectivity index (χ2v) is 19.7. The first-order valence-corrected chi connectivity index (χ1v) is 26.3. The Morgan fingerprint density at radius 3 is 2.52 bits per heavy atom. The molecule has 73 heavy (non-hydrogen) atoms. The summed E-state index contributed by atoms with van der Waals surface area (Å²) in [7, 11) is 0. The van der Waals surface area contributed by atoms with E-state index in [9.17, 15) is 10.2 Å². The first-order valence-electron chi connectivity index (χ1n) is 26.3. The Bertz CT molecular complexity index is 2670. The van der Waals surface area contributed by atoms with Crippen LogP contribution >= 0.6 is 0 Å². The lowest BCUT2D eigenvalue weighted by Gasteiger charge is -2.60. The van der Waals surface area contributed by atoms with Crippen molar-refractivity contribution in [2.75, 3.05) is 39.6 Å². The van der Waals surface area contributed by atoms with Crippen molar-refractivity contribution < 1.29 is 48.3 Å². The summed E-state index contributed by atoms with van der Waals surface area (Å²) in [5, 5.41) is 27.3. The summed E-state index contributed by atoms with van der Waals surface area (Å²) >= 11 is 0. The molecule has 2 aliphatic carbocycles. The van der Waals surface area contributed by atoms with Crippen LogP contribution in [0.15, 0.2) is 139 Å². The molecule has 0 bridgehead atoms. The average Bonchev–Trinajstić information content (AvgIpc) is 3.42. The summed E-state index contributed by atoms with van der Waals surface area (Å²) in [6, 6.07) is 35.3. The van der Waals surface area contributed by atoms with Crippen LogP contribution in [-0.2, 0) is 43.5 Å². The molecule has 13 nitrogen and oxygen atoms in total. The number of benzene rings is 4. The molecule has 4 aromatic carbocycles. The Morgan fingerprint density at radius 2 is 1.71 bits per heavy atom. The van der Waals surface area contributed by atoms with Gasteiger partial charge in [-0.3, -0.25) is 9.88 Å². The van der Waals surface area contributed by atoms with Gasteiger partial charge >= 0.3 is 6.09 Å². The van der Waals surface area contributed by atoms with Gasteiger partial charge < -0.3 is 43.5 Å². The lowest BCUT2D eigenvalue weighted by Crippen LogP contribution is -2.70. The summed E-state index contributed by atoms with van der Waals surface area (Å²) in [5.41, 5.74) is 6.25. The van der Waals surface area contributed by atoms with Gasteiger partial charge in [0.25, 0.3) is 0 Å². The van der Waals surface area contributed by atoms with Crippen molar-refractivity contribution in [3.05, 3.63) is 162 Å². The molecule has 2 fully saturated rings. The van der Waals surface area contributed by atoms with E-state index in [0.29, 0.717) is 49.7 Å². The first kappa shape index (κ1) is 51.8. The zero-order chi connectivity index (χ0) is 50.4. The number of carbonyl (C=O) groups excluding carboxylic acids is 1. The maximum atomic E-state index is 15.3. The fraction of sp³-hybridized carbons (Fsp3) is 0.450. The zero-order valence-electron chi connectivity index (χ0n) is 42.2. The van der Waals surface area contributed by atoms with E-state index in [1.165, 1.54) is 0 Å². The number of aryl methyl sites for hydroxylation is 1. The molecule has 2 N–H and O–H groups in total. The summed E-state index contributed by atoms with van der Waals surface area (Å²) in [6.45, 7) is 7.98. The van der Waals surface area contributed by atoms with Crippen LogP contribution in [-0.4, -0.2) is 89.7 Å². The van der Waals surface area contributed by atoms with E-state index in [-0.39, 0.29) is 70.4 Å². The van der Waals surface area contributed by atoms with Crippen LogP contribution in [0.5, 0.6) is 11.5 Å². The molecule has 13 heteroatoms. The number of aliphatic hydroxyl groups excluding tert-OH is 2. The smallest absolute Gasteiger partial charge is 0.410 e. The molecular weight excluding hydrogens is 923 g/mol. The number of aliphatic hydroxyl groups is 2. The molecule has 2 aliphatic heterocycles. The van der Waals surface area contributed by atoms with E-state index in [2.05, 4.69) is 43.0 Å². The van der Waals surface area contributed by atoms with Crippen molar-refractivity contribution in [1.29, 1.82) is 0 Å². The molecule has 3 heterocycles. The van der Waals surface area contributed by atoms with Crippen molar-refractivity contribution in [3.8, 4) is 11.5 Å². The Hall–Kier alpha value is -6.09. The van der Waals surface area contributed by atoms with Gasteiger partial charge in [-0.2, -0.15) is 0 Å². The number of nitrogens with zero attached hydrogens (tertiary/aromatic N) is 3. The van der Waals surface area contributed by atoms with Crippen LogP contribution in [0.25, 0.3) is 10.8 Å². The van der Waals surface area contributed by atoms with E-state index in [1.807, 2.05) is 85.8 Å². The van der Waals surface area contributed by atoms with Crippen molar-refractivity contribution >= 4 is 22.6 Å². The molecule has 7 atom stereocenters. The molecule has 1 saturated carbocycles. The van der Waals surface area contributed by atoms with Crippen LogP contribution in [0.2, 0.25) is 0 Å². The van der Waals surface area contributed by atoms with Gasteiger partial charge in [-0.15, -0.1) is 6.58 Å². The van der Waals surface area contributed by atoms with Gasteiger partial charge in [0.2, 0.25) is 12.1 Å². The van der Waals surface area contributed by atoms with E-state index >= 15 is 4.79 Å². The standard InChI is InChI=1S/C60H71N3O10/c1-3-32-71-60-55(63(39-46-23-16-22-44-20-7-8-25-49(44)46)59(66)69-35-34-67-40-43-18-5-4-6-19-43)38-53(62-73-56-27-11-14-33-68-56)51-36-45(21-9-12-30-64)50(26-10-13-31-65)57(58(51)60)52-37-48(28-29-54(52)72-60)70-41-47-24-15-17-42(2)61-47/h3-8,15-20,22-25,28-29,36-37,45,50,55-58,64-65H,1,9-14,21,26-27,30-35,38-41H2,2H3/t45-,50+,55-,56?,57+,58+,60+/m0/s1. The maximum absolute atomic E-state index is 15.3. The maximum Gasteiger partial charge on any atom is 0.410 e. The minimum Gasteiger partial charge on any atom is -0.487 e. The van der Waals surface area contributed by atoms with Crippen LogP contribution in [0.3, 0.4) is 0 Å². The van der Waals surface area contributed by atoms with Crippen molar-refractivity contribution in [2.24, 2.45) is 22.9 Å². The normalized spacial score (nSPS) is 23.7. The van der Waals surface area contributed by atoms with Gasteiger partial charge in [0.05, 0.1) is 50.3 Å². The van der Waals surface area contributed by atoms with Gasteiger partial charge in [0, 0.05) is 43.2 Å². The second kappa shape index (κ2) is 25.2. The number of aromatic nitrogens is 1. The Balaban J connectivity index is 1.19. The molecule has 0 radical (unpaired) electrons. The lowest BCUT2D eigenvalue weighted by atomic mass is 9.55. The predicted molar refractivity (Wildman–Crippen MR) is 280 cm³/mol. The van der Waals surface area contributed by atoms with E-state index < -0.39 is 30.1 Å². The van der Waals surface area contributed by atoms with Crippen LogP contribution in [0.4, 0.5) is 4.79 Å². The molecule has 9 rings (SSSR count). The number of unbranched alkanes of at least 4 members (excludes halogenated alkanes) is 2. The number of oxime groups is 1. The average molecular weight is 994 g/mol. The molecular formula is C60H71N3O10. The molecule has 1 aromatic heterocycles. The van der Waals surface area contributed by atoms with Gasteiger partial charge in [-0.05, 0) is 115 Å². The number of amides is 1. The largest absolute Gasteiger partial charge is 0.487 e. The number of hydrogen-bond donors (Lipinski definition) is 2. The van der Waals surface area contributed by atoms with Gasteiger partial charge in [-0.25, -0.2) is 4.79 Å². The number of rotatable bonds is 24. The first-order chi connectivity index (χ1) is 35.9. The third kappa shape index (κ3) is 12.3. The van der Waals surface area contributed by atoms with E-state index in [1.54, 1.807) is 11.0 Å². The van der Waals surface area contributed by atoms with Crippen molar-refractivity contribution in [2.45, 2.75) is 115 Å². The molecule has 1 amide bonds. The van der Waals surface area contributed by atoms with Crippen LogP contribution in [0.1, 0.15) is 98.2 Å². The van der Waals surface area contributed by atoms with Gasteiger partial charge in [0.1, 0.15) is 30.8 Å². The van der Waals surface area contributed by atoms with E-state index in [0.717, 1.165) is 82.9 Å². The second-order valence-electron chi connectivity index (χ2n) is 19.7. The number of hydrogen-bond acceptors (Lipinski definition) is 12. The topological polar surface area (TPSA) is 151 Å². The molecule has 1 saturated heterocycles.